The molecule has 0 aromatic heterocycles. The zero-order chi connectivity index (χ0) is 15.0. The van der Waals surface area contributed by atoms with Crippen molar-refractivity contribution in [1.29, 1.82) is 0 Å². The van der Waals surface area contributed by atoms with Crippen molar-refractivity contribution < 1.29 is 4.74 Å². The maximum absolute atomic E-state index is 5.84. The van der Waals surface area contributed by atoms with Gasteiger partial charge in [0.1, 0.15) is 5.75 Å². The van der Waals surface area contributed by atoms with E-state index >= 15 is 0 Å². The van der Waals surface area contributed by atoms with Gasteiger partial charge in [-0.2, -0.15) is 0 Å². The summed E-state index contributed by atoms with van der Waals surface area (Å²) in [4.78, 5) is 2.53. The van der Waals surface area contributed by atoms with E-state index in [1.54, 1.807) is 0 Å². The summed E-state index contributed by atoms with van der Waals surface area (Å²) in [6.45, 7) is 14.8. The molecule has 1 rings (SSSR count). The van der Waals surface area contributed by atoms with Crippen LogP contribution in [-0.2, 0) is 0 Å². The van der Waals surface area contributed by atoms with Crippen LogP contribution in [0.15, 0.2) is 30.8 Å². The average Bonchev–Trinajstić information content (AvgIpc) is 2.42. The van der Waals surface area contributed by atoms with Crippen LogP contribution < -0.4 is 4.74 Å². The lowest BCUT2D eigenvalue weighted by molar-refractivity contribution is 0.167. The molecule has 1 aromatic rings. The van der Waals surface area contributed by atoms with E-state index in [-0.39, 0.29) is 0 Å². The Balaban J connectivity index is 2.30. The van der Waals surface area contributed by atoms with Gasteiger partial charge in [-0.3, -0.25) is 4.90 Å². The maximum Gasteiger partial charge on any atom is 0.126 e. The Morgan fingerprint density at radius 3 is 2.35 bits per heavy atom. The third kappa shape index (κ3) is 5.38. The summed E-state index contributed by atoms with van der Waals surface area (Å²) < 4.78 is 5.84. The zero-order valence-corrected chi connectivity index (χ0v) is 13.4. The largest absolute Gasteiger partial charge is 0.493 e. The fourth-order valence-electron chi connectivity index (χ4n) is 2.47. The Hall–Kier alpha value is -1.28. The van der Waals surface area contributed by atoms with Crippen LogP contribution in [0.5, 0.6) is 5.75 Å². The van der Waals surface area contributed by atoms with Crippen molar-refractivity contribution in [2.75, 3.05) is 13.2 Å². The van der Waals surface area contributed by atoms with Crippen molar-refractivity contribution in [3.05, 3.63) is 36.4 Å². The molecule has 0 radical (unpaired) electrons. The molecule has 0 amide bonds. The first-order valence-electron chi connectivity index (χ1n) is 7.66. The van der Waals surface area contributed by atoms with Gasteiger partial charge in [-0.25, -0.2) is 0 Å². The first kappa shape index (κ1) is 16.8. The molecule has 2 heteroatoms. The topological polar surface area (TPSA) is 12.5 Å². The number of benzene rings is 1. The van der Waals surface area contributed by atoms with Crippen LogP contribution in [0.3, 0.4) is 0 Å². The van der Waals surface area contributed by atoms with E-state index in [4.69, 9.17) is 4.74 Å². The van der Waals surface area contributed by atoms with E-state index in [0.717, 1.165) is 30.9 Å². The van der Waals surface area contributed by atoms with Gasteiger partial charge in [-0.1, -0.05) is 30.9 Å². The fourth-order valence-corrected chi connectivity index (χ4v) is 2.47. The molecule has 0 atom stereocenters. The van der Waals surface area contributed by atoms with Crippen LogP contribution in [0.25, 0.3) is 6.08 Å². The molecule has 2 nitrogen and oxygen atoms in total. The zero-order valence-electron chi connectivity index (χ0n) is 13.4. The van der Waals surface area contributed by atoms with Crippen LogP contribution in [0.4, 0.5) is 0 Å². The molecule has 0 heterocycles. The van der Waals surface area contributed by atoms with Gasteiger partial charge in [0.2, 0.25) is 0 Å². The molecule has 112 valence electrons. The van der Waals surface area contributed by atoms with Crippen LogP contribution in [-0.4, -0.2) is 30.1 Å². The smallest absolute Gasteiger partial charge is 0.126 e. The SMILES string of the molecule is C=Cc1ccccc1OCCCCN(C(C)C)C(C)C. The third-order valence-electron chi connectivity index (χ3n) is 3.53. The van der Waals surface area contributed by atoms with Crippen LogP contribution >= 0.6 is 0 Å². The van der Waals surface area contributed by atoms with Crippen molar-refractivity contribution in [2.24, 2.45) is 0 Å². The van der Waals surface area contributed by atoms with E-state index < -0.39 is 0 Å². The molecule has 0 saturated heterocycles. The van der Waals surface area contributed by atoms with Gasteiger partial charge in [0.05, 0.1) is 6.61 Å². The second-order valence-corrected chi connectivity index (χ2v) is 5.72. The summed E-state index contributed by atoms with van der Waals surface area (Å²) in [5.41, 5.74) is 1.07. The van der Waals surface area contributed by atoms with Gasteiger partial charge in [-0.05, 0) is 53.1 Å². The van der Waals surface area contributed by atoms with E-state index in [9.17, 15) is 0 Å². The summed E-state index contributed by atoms with van der Waals surface area (Å²) in [6.07, 6.45) is 4.10. The highest BCUT2D eigenvalue weighted by Gasteiger charge is 2.12. The standard InChI is InChI=1S/C18H29NO/c1-6-17-11-7-8-12-18(17)20-14-10-9-13-19(15(2)3)16(4)5/h6-8,11-12,15-16H,1,9-10,13-14H2,2-5H3. The number of unbranched alkanes of at least 4 members (excludes halogenated alkanes) is 1. The molecule has 20 heavy (non-hydrogen) atoms. The molecular formula is C18H29NO. The quantitative estimate of drug-likeness (QED) is 0.610. The van der Waals surface area contributed by atoms with E-state index in [1.807, 2.05) is 30.3 Å². The Kier molecular flexibility index (Phi) is 7.38. The molecule has 0 aliphatic carbocycles. The summed E-state index contributed by atoms with van der Waals surface area (Å²) in [7, 11) is 0. The van der Waals surface area contributed by atoms with Gasteiger partial charge >= 0.3 is 0 Å². The van der Waals surface area contributed by atoms with Crippen LogP contribution in [0.1, 0.15) is 46.1 Å². The van der Waals surface area contributed by atoms with E-state index in [1.165, 1.54) is 6.42 Å². The lowest BCUT2D eigenvalue weighted by atomic mass is 10.2. The number of hydrogen-bond donors (Lipinski definition) is 0. The number of nitrogens with zero attached hydrogens (tertiary/aromatic N) is 1. The van der Waals surface area contributed by atoms with Crippen molar-refractivity contribution in [3.8, 4) is 5.75 Å². The Morgan fingerprint density at radius 2 is 1.75 bits per heavy atom. The Bertz CT molecular complexity index is 390. The lowest BCUT2D eigenvalue weighted by Crippen LogP contribution is -2.37. The van der Waals surface area contributed by atoms with Crippen LogP contribution in [0.2, 0.25) is 0 Å². The first-order chi connectivity index (χ1) is 9.56. The number of para-hydroxylation sites is 1. The van der Waals surface area contributed by atoms with Gasteiger partial charge in [0.15, 0.2) is 0 Å². The molecule has 0 aliphatic heterocycles. The van der Waals surface area contributed by atoms with Crippen molar-refractivity contribution in [2.45, 2.75) is 52.6 Å². The fraction of sp³-hybridized carbons (Fsp3) is 0.556. The van der Waals surface area contributed by atoms with Crippen molar-refractivity contribution >= 4 is 6.08 Å². The monoisotopic (exact) mass is 275 g/mol. The highest BCUT2D eigenvalue weighted by Crippen LogP contribution is 2.19. The minimum absolute atomic E-state index is 0.609. The second-order valence-electron chi connectivity index (χ2n) is 5.72. The summed E-state index contributed by atoms with van der Waals surface area (Å²) in [5.74, 6) is 0.937. The predicted octanol–water partition coefficient (Wildman–Crippen LogP) is 4.61. The van der Waals surface area contributed by atoms with Crippen molar-refractivity contribution in [3.63, 3.8) is 0 Å². The van der Waals surface area contributed by atoms with Gasteiger partial charge in [0.25, 0.3) is 0 Å². The number of hydrogen-bond acceptors (Lipinski definition) is 2. The molecule has 0 spiro atoms. The Labute approximate surface area is 124 Å². The average molecular weight is 275 g/mol. The van der Waals surface area contributed by atoms with Gasteiger partial charge in [0, 0.05) is 17.6 Å². The molecular weight excluding hydrogens is 246 g/mol. The molecule has 0 fully saturated rings. The number of ether oxygens (including phenoxy) is 1. The summed E-state index contributed by atoms with van der Waals surface area (Å²) in [6, 6.07) is 9.26. The highest BCUT2D eigenvalue weighted by atomic mass is 16.5. The minimum atomic E-state index is 0.609. The van der Waals surface area contributed by atoms with E-state index in [0.29, 0.717) is 12.1 Å². The second kappa shape index (κ2) is 8.80. The van der Waals surface area contributed by atoms with Gasteiger partial charge in [-0.15, -0.1) is 0 Å². The van der Waals surface area contributed by atoms with Crippen LogP contribution in [0, 0.1) is 0 Å². The van der Waals surface area contributed by atoms with Crippen molar-refractivity contribution in [1.82, 2.24) is 4.90 Å². The number of rotatable bonds is 9. The molecule has 0 aliphatic rings. The molecule has 0 unspecified atom stereocenters. The summed E-state index contributed by atoms with van der Waals surface area (Å²) in [5, 5.41) is 0. The maximum atomic E-state index is 5.84. The van der Waals surface area contributed by atoms with Gasteiger partial charge < -0.3 is 4.74 Å². The summed E-state index contributed by atoms with van der Waals surface area (Å²) >= 11 is 0. The normalized spacial score (nSPS) is 11.3. The highest BCUT2D eigenvalue weighted by molar-refractivity contribution is 5.55. The molecule has 0 N–H and O–H groups in total. The third-order valence-corrected chi connectivity index (χ3v) is 3.53. The Morgan fingerprint density at radius 1 is 1.10 bits per heavy atom. The molecule has 0 bridgehead atoms. The molecule has 0 saturated carbocycles. The predicted molar refractivity (Wildman–Crippen MR) is 88.2 cm³/mol. The minimum Gasteiger partial charge on any atom is -0.493 e. The molecule has 1 aromatic carbocycles. The van der Waals surface area contributed by atoms with E-state index in [2.05, 4.69) is 39.2 Å². The lowest BCUT2D eigenvalue weighted by Gasteiger charge is -2.30. The first-order valence-corrected chi connectivity index (χ1v) is 7.66.